The van der Waals surface area contributed by atoms with Crippen molar-refractivity contribution in [2.45, 2.75) is 25.3 Å². The van der Waals surface area contributed by atoms with Gasteiger partial charge >= 0.3 is 0 Å². The SMILES string of the molecule is NC(CC(=O)Nc1ccc(Cl)cc1Br)C1CC1. The average Bonchev–Trinajstić information content (AvgIpc) is 3.05. The van der Waals surface area contributed by atoms with Crippen LogP contribution in [0.4, 0.5) is 5.69 Å². The van der Waals surface area contributed by atoms with Gasteiger partial charge < -0.3 is 11.1 Å². The topological polar surface area (TPSA) is 55.1 Å². The van der Waals surface area contributed by atoms with Crippen molar-refractivity contribution in [2.24, 2.45) is 11.7 Å². The summed E-state index contributed by atoms with van der Waals surface area (Å²) in [5.41, 5.74) is 6.63. The molecular formula is C12H14BrClN2O. The molecule has 0 spiro atoms. The van der Waals surface area contributed by atoms with Gasteiger partial charge in [0.1, 0.15) is 0 Å². The number of amides is 1. The van der Waals surface area contributed by atoms with Gasteiger partial charge in [0.2, 0.25) is 5.91 Å². The molecule has 92 valence electrons. The highest BCUT2D eigenvalue weighted by molar-refractivity contribution is 9.10. The minimum atomic E-state index is -0.0487. The average molecular weight is 318 g/mol. The number of nitrogens with one attached hydrogen (secondary N) is 1. The first kappa shape index (κ1) is 12.9. The first-order valence-corrected chi connectivity index (χ1v) is 6.74. The minimum Gasteiger partial charge on any atom is -0.327 e. The maximum atomic E-state index is 11.7. The predicted octanol–water partition coefficient (Wildman–Crippen LogP) is 3.17. The van der Waals surface area contributed by atoms with Gasteiger partial charge in [-0.15, -0.1) is 0 Å². The van der Waals surface area contributed by atoms with Crippen molar-refractivity contribution < 1.29 is 4.79 Å². The van der Waals surface area contributed by atoms with E-state index in [2.05, 4.69) is 21.2 Å². The van der Waals surface area contributed by atoms with Gasteiger partial charge in [0, 0.05) is 22.0 Å². The van der Waals surface area contributed by atoms with E-state index in [1.165, 1.54) is 0 Å². The maximum absolute atomic E-state index is 11.7. The van der Waals surface area contributed by atoms with E-state index in [0.717, 1.165) is 23.0 Å². The lowest BCUT2D eigenvalue weighted by atomic mass is 10.1. The van der Waals surface area contributed by atoms with Gasteiger partial charge in [0.05, 0.1) is 5.69 Å². The third-order valence-electron chi connectivity index (χ3n) is 2.85. The predicted molar refractivity (Wildman–Crippen MR) is 73.1 cm³/mol. The molecule has 1 aliphatic rings. The normalized spacial score (nSPS) is 16.6. The summed E-state index contributed by atoms with van der Waals surface area (Å²) in [7, 11) is 0. The number of hydrogen-bond acceptors (Lipinski definition) is 2. The van der Waals surface area contributed by atoms with Crippen LogP contribution in [0.15, 0.2) is 22.7 Å². The molecule has 0 heterocycles. The Labute approximate surface area is 114 Å². The van der Waals surface area contributed by atoms with Gasteiger partial charge in [-0.05, 0) is 52.9 Å². The number of halogens is 2. The third kappa shape index (κ3) is 3.69. The van der Waals surface area contributed by atoms with Gasteiger partial charge in [-0.1, -0.05) is 11.6 Å². The molecule has 1 fully saturated rings. The summed E-state index contributed by atoms with van der Waals surface area (Å²) in [4.78, 5) is 11.7. The van der Waals surface area contributed by atoms with Crippen LogP contribution >= 0.6 is 27.5 Å². The van der Waals surface area contributed by atoms with Crippen LogP contribution in [0.25, 0.3) is 0 Å². The summed E-state index contributed by atoms with van der Waals surface area (Å²) in [5, 5.41) is 3.46. The summed E-state index contributed by atoms with van der Waals surface area (Å²) in [6, 6.07) is 5.24. The first-order valence-electron chi connectivity index (χ1n) is 5.57. The Balaban J connectivity index is 1.92. The smallest absolute Gasteiger partial charge is 0.225 e. The van der Waals surface area contributed by atoms with Gasteiger partial charge in [-0.3, -0.25) is 4.79 Å². The molecule has 2 rings (SSSR count). The molecule has 0 radical (unpaired) electrons. The zero-order chi connectivity index (χ0) is 12.4. The molecule has 1 unspecified atom stereocenters. The molecule has 0 bridgehead atoms. The number of anilines is 1. The second-order valence-corrected chi connectivity index (χ2v) is 5.67. The summed E-state index contributed by atoms with van der Waals surface area (Å²) in [6.07, 6.45) is 2.68. The highest BCUT2D eigenvalue weighted by Gasteiger charge is 2.29. The van der Waals surface area contributed by atoms with E-state index < -0.39 is 0 Å². The number of carbonyl (C=O) groups excluding carboxylic acids is 1. The number of hydrogen-bond donors (Lipinski definition) is 2. The molecule has 5 heteroatoms. The molecule has 1 saturated carbocycles. The molecule has 0 aromatic heterocycles. The summed E-state index contributed by atoms with van der Waals surface area (Å²) >= 11 is 9.18. The Bertz CT molecular complexity index is 435. The fraction of sp³-hybridized carbons (Fsp3) is 0.417. The number of rotatable bonds is 4. The van der Waals surface area contributed by atoms with Gasteiger partial charge in [0.15, 0.2) is 0 Å². The van der Waals surface area contributed by atoms with Crippen molar-refractivity contribution in [3.05, 3.63) is 27.7 Å². The van der Waals surface area contributed by atoms with Crippen LogP contribution in [0.2, 0.25) is 5.02 Å². The monoisotopic (exact) mass is 316 g/mol. The molecular weight excluding hydrogens is 304 g/mol. The summed E-state index contributed by atoms with van der Waals surface area (Å²) in [6.45, 7) is 0. The van der Waals surface area contributed by atoms with Crippen LogP contribution in [-0.2, 0) is 4.79 Å². The lowest BCUT2D eigenvalue weighted by molar-refractivity contribution is -0.116. The van der Waals surface area contributed by atoms with E-state index in [9.17, 15) is 4.79 Å². The minimum absolute atomic E-state index is 0.0129. The lowest BCUT2D eigenvalue weighted by Gasteiger charge is -2.11. The quantitative estimate of drug-likeness (QED) is 0.896. The summed E-state index contributed by atoms with van der Waals surface area (Å²) in [5.74, 6) is 0.488. The van der Waals surface area contributed by atoms with Crippen molar-refractivity contribution in [3.8, 4) is 0 Å². The molecule has 3 nitrogen and oxygen atoms in total. The highest BCUT2D eigenvalue weighted by atomic mass is 79.9. The van der Waals surface area contributed by atoms with E-state index in [0.29, 0.717) is 17.4 Å². The Morgan fingerprint density at radius 2 is 2.29 bits per heavy atom. The van der Waals surface area contributed by atoms with E-state index in [1.54, 1.807) is 18.2 Å². The Morgan fingerprint density at radius 3 is 2.88 bits per heavy atom. The Morgan fingerprint density at radius 1 is 1.59 bits per heavy atom. The zero-order valence-corrected chi connectivity index (χ0v) is 11.6. The molecule has 17 heavy (non-hydrogen) atoms. The summed E-state index contributed by atoms with van der Waals surface area (Å²) < 4.78 is 0.776. The highest BCUT2D eigenvalue weighted by Crippen LogP contribution is 2.33. The molecule has 0 saturated heterocycles. The molecule has 1 aromatic rings. The lowest BCUT2D eigenvalue weighted by Crippen LogP contribution is -2.28. The van der Waals surface area contributed by atoms with Crippen molar-refractivity contribution >= 4 is 39.1 Å². The van der Waals surface area contributed by atoms with E-state index in [4.69, 9.17) is 17.3 Å². The number of nitrogens with two attached hydrogens (primary N) is 1. The van der Waals surface area contributed by atoms with Gasteiger partial charge in [0.25, 0.3) is 0 Å². The van der Waals surface area contributed by atoms with Crippen LogP contribution in [0.5, 0.6) is 0 Å². The van der Waals surface area contributed by atoms with Gasteiger partial charge in [-0.25, -0.2) is 0 Å². The fourth-order valence-corrected chi connectivity index (χ4v) is 2.48. The van der Waals surface area contributed by atoms with E-state index in [1.807, 2.05) is 0 Å². The van der Waals surface area contributed by atoms with Gasteiger partial charge in [-0.2, -0.15) is 0 Å². The molecule has 0 aliphatic heterocycles. The van der Waals surface area contributed by atoms with Crippen LogP contribution in [0.3, 0.4) is 0 Å². The van der Waals surface area contributed by atoms with Crippen molar-refractivity contribution in [1.82, 2.24) is 0 Å². The van der Waals surface area contributed by atoms with Crippen LogP contribution in [0.1, 0.15) is 19.3 Å². The zero-order valence-electron chi connectivity index (χ0n) is 9.25. The van der Waals surface area contributed by atoms with Crippen LogP contribution < -0.4 is 11.1 Å². The van der Waals surface area contributed by atoms with E-state index in [-0.39, 0.29) is 11.9 Å². The third-order valence-corrected chi connectivity index (χ3v) is 3.75. The molecule has 1 atom stereocenters. The van der Waals surface area contributed by atoms with Crippen LogP contribution in [-0.4, -0.2) is 11.9 Å². The number of benzene rings is 1. The number of carbonyl (C=O) groups is 1. The second-order valence-electron chi connectivity index (χ2n) is 4.38. The second kappa shape index (κ2) is 5.38. The molecule has 1 aromatic carbocycles. The Kier molecular flexibility index (Phi) is 4.07. The van der Waals surface area contributed by atoms with Crippen molar-refractivity contribution in [3.63, 3.8) is 0 Å². The first-order chi connectivity index (χ1) is 8.06. The molecule has 3 N–H and O–H groups in total. The van der Waals surface area contributed by atoms with Crippen LogP contribution in [0, 0.1) is 5.92 Å². The fourth-order valence-electron chi connectivity index (χ4n) is 1.70. The standard InChI is InChI=1S/C12H14BrClN2O/c13-9-5-8(14)3-4-11(9)16-12(17)6-10(15)7-1-2-7/h3-5,7,10H,1-2,6,15H2,(H,16,17). The largest absolute Gasteiger partial charge is 0.327 e. The molecule has 1 aliphatic carbocycles. The van der Waals surface area contributed by atoms with Crippen molar-refractivity contribution in [1.29, 1.82) is 0 Å². The van der Waals surface area contributed by atoms with E-state index >= 15 is 0 Å². The Hall–Kier alpha value is -0.580. The molecule has 1 amide bonds. The van der Waals surface area contributed by atoms with Crippen molar-refractivity contribution in [2.75, 3.05) is 5.32 Å². The maximum Gasteiger partial charge on any atom is 0.225 e.